The van der Waals surface area contributed by atoms with Gasteiger partial charge in [0.05, 0.1) is 6.04 Å². The maximum Gasteiger partial charge on any atom is 0.263 e. The third-order valence-corrected chi connectivity index (χ3v) is 4.56. The van der Waals surface area contributed by atoms with Crippen molar-refractivity contribution in [2.45, 2.75) is 45.1 Å². The molecule has 2 amide bonds. The van der Waals surface area contributed by atoms with Gasteiger partial charge in [0.15, 0.2) is 0 Å². The fourth-order valence-corrected chi connectivity index (χ4v) is 3.05. The summed E-state index contributed by atoms with van der Waals surface area (Å²) >= 11 is 0. The first-order valence-electron chi connectivity index (χ1n) is 9.09. The van der Waals surface area contributed by atoms with E-state index in [0.29, 0.717) is 25.9 Å². The first kappa shape index (κ1) is 19.5. The van der Waals surface area contributed by atoms with Crippen molar-refractivity contribution < 1.29 is 9.59 Å². The molecule has 2 rings (SSSR count). The number of amides is 2. The number of nitriles is 1. The van der Waals surface area contributed by atoms with Crippen LogP contribution in [0.3, 0.4) is 0 Å². The summed E-state index contributed by atoms with van der Waals surface area (Å²) in [6.07, 6.45) is 7.46. The van der Waals surface area contributed by atoms with E-state index in [1.807, 2.05) is 13.0 Å². The second kappa shape index (κ2) is 10.2. The molecule has 1 aliphatic rings. The van der Waals surface area contributed by atoms with Crippen LogP contribution in [0.15, 0.2) is 30.0 Å². The molecule has 3 N–H and O–H groups in total. The van der Waals surface area contributed by atoms with E-state index in [-0.39, 0.29) is 11.6 Å². The molecular formula is C20H26N4O2. The van der Waals surface area contributed by atoms with E-state index >= 15 is 0 Å². The van der Waals surface area contributed by atoms with Crippen molar-refractivity contribution in [3.05, 3.63) is 46.7 Å². The SMILES string of the molecule is CC(NC(=O)/C(C#N)=C\NCCCNC=O)c1ccc2c(c1)CCCC2. The standard InChI is InChI=1S/C20H26N4O2/c1-15(17-8-7-16-5-2-3-6-18(16)11-17)24-20(26)19(12-21)13-22-9-4-10-23-14-25/h7-8,11,13-15,22H,2-6,9-10H2,1H3,(H,23,25)(H,24,26)/b19-13-. The molecule has 1 aromatic rings. The molecule has 0 aromatic heterocycles. The van der Waals surface area contributed by atoms with Gasteiger partial charge >= 0.3 is 0 Å². The summed E-state index contributed by atoms with van der Waals surface area (Å²) in [5, 5.41) is 17.6. The van der Waals surface area contributed by atoms with Crippen LogP contribution in [0.1, 0.15) is 48.9 Å². The monoisotopic (exact) mass is 354 g/mol. The third-order valence-electron chi connectivity index (χ3n) is 4.56. The Morgan fingerprint density at radius 2 is 1.96 bits per heavy atom. The number of carbonyl (C=O) groups excluding carboxylic acids is 2. The molecule has 0 heterocycles. The minimum absolute atomic E-state index is 0.0400. The van der Waals surface area contributed by atoms with Crippen LogP contribution in [-0.2, 0) is 22.4 Å². The topological polar surface area (TPSA) is 94.0 Å². The number of carbonyl (C=O) groups is 2. The molecule has 1 aliphatic carbocycles. The minimum atomic E-state index is -0.392. The molecule has 0 fully saturated rings. The second-order valence-corrected chi connectivity index (χ2v) is 6.48. The van der Waals surface area contributed by atoms with E-state index in [1.165, 1.54) is 30.2 Å². The van der Waals surface area contributed by atoms with Gasteiger partial charge in [0.1, 0.15) is 11.6 Å². The van der Waals surface area contributed by atoms with Gasteiger partial charge in [0.2, 0.25) is 6.41 Å². The summed E-state index contributed by atoms with van der Waals surface area (Å²) in [6.45, 7) is 3.05. The van der Waals surface area contributed by atoms with Crippen LogP contribution in [-0.4, -0.2) is 25.4 Å². The highest BCUT2D eigenvalue weighted by atomic mass is 16.1. The fourth-order valence-electron chi connectivity index (χ4n) is 3.05. The average Bonchev–Trinajstić information content (AvgIpc) is 2.67. The zero-order valence-electron chi connectivity index (χ0n) is 15.2. The number of hydrogen-bond acceptors (Lipinski definition) is 4. The summed E-state index contributed by atoms with van der Waals surface area (Å²) in [6, 6.07) is 8.15. The lowest BCUT2D eigenvalue weighted by Crippen LogP contribution is -2.29. The predicted molar refractivity (Wildman–Crippen MR) is 100 cm³/mol. The maximum absolute atomic E-state index is 12.3. The van der Waals surface area contributed by atoms with Crippen molar-refractivity contribution in [1.82, 2.24) is 16.0 Å². The smallest absolute Gasteiger partial charge is 0.263 e. The number of nitrogens with one attached hydrogen (secondary N) is 3. The van der Waals surface area contributed by atoms with E-state index in [0.717, 1.165) is 18.4 Å². The van der Waals surface area contributed by atoms with Crippen LogP contribution >= 0.6 is 0 Å². The zero-order chi connectivity index (χ0) is 18.8. The molecule has 0 saturated carbocycles. The number of benzene rings is 1. The van der Waals surface area contributed by atoms with Gasteiger partial charge in [-0.15, -0.1) is 0 Å². The lowest BCUT2D eigenvalue weighted by Gasteiger charge is -2.20. The highest BCUT2D eigenvalue weighted by Crippen LogP contribution is 2.24. The Kier molecular flexibility index (Phi) is 7.69. The Balaban J connectivity index is 1.90. The Morgan fingerprint density at radius 3 is 2.69 bits per heavy atom. The average molecular weight is 354 g/mol. The first-order chi connectivity index (χ1) is 12.7. The summed E-state index contributed by atoms with van der Waals surface area (Å²) in [5.74, 6) is -0.392. The Hall–Kier alpha value is -2.81. The van der Waals surface area contributed by atoms with Crippen LogP contribution in [0.25, 0.3) is 0 Å². The summed E-state index contributed by atoms with van der Waals surface area (Å²) in [7, 11) is 0. The fraction of sp³-hybridized carbons (Fsp3) is 0.450. The molecule has 0 aliphatic heterocycles. The molecule has 0 saturated heterocycles. The summed E-state index contributed by atoms with van der Waals surface area (Å²) < 4.78 is 0. The highest BCUT2D eigenvalue weighted by Gasteiger charge is 2.16. The van der Waals surface area contributed by atoms with Crippen molar-refractivity contribution in [2.75, 3.05) is 13.1 Å². The number of aryl methyl sites for hydroxylation is 2. The molecule has 1 aromatic carbocycles. The minimum Gasteiger partial charge on any atom is -0.390 e. The zero-order valence-corrected chi connectivity index (χ0v) is 15.2. The van der Waals surface area contributed by atoms with Crippen LogP contribution in [0.5, 0.6) is 0 Å². The maximum atomic E-state index is 12.3. The van der Waals surface area contributed by atoms with Gasteiger partial charge in [-0.1, -0.05) is 18.2 Å². The summed E-state index contributed by atoms with van der Waals surface area (Å²) in [4.78, 5) is 22.5. The van der Waals surface area contributed by atoms with Crippen molar-refractivity contribution in [3.63, 3.8) is 0 Å². The Morgan fingerprint density at radius 1 is 1.23 bits per heavy atom. The van der Waals surface area contributed by atoms with E-state index in [2.05, 4.69) is 34.1 Å². The van der Waals surface area contributed by atoms with Crippen LogP contribution in [0.4, 0.5) is 0 Å². The molecule has 6 nitrogen and oxygen atoms in total. The largest absolute Gasteiger partial charge is 0.390 e. The van der Waals surface area contributed by atoms with Crippen molar-refractivity contribution in [1.29, 1.82) is 5.26 Å². The van der Waals surface area contributed by atoms with E-state index < -0.39 is 5.91 Å². The molecule has 1 unspecified atom stereocenters. The number of nitrogens with zero attached hydrogens (tertiary/aromatic N) is 1. The van der Waals surface area contributed by atoms with Gasteiger partial charge in [0.25, 0.3) is 5.91 Å². The van der Waals surface area contributed by atoms with E-state index in [1.54, 1.807) is 0 Å². The van der Waals surface area contributed by atoms with Gasteiger partial charge in [-0.25, -0.2) is 0 Å². The van der Waals surface area contributed by atoms with Gasteiger partial charge in [0, 0.05) is 19.3 Å². The van der Waals surface area contributed by atoms with Gasteiger partial charge in [-0.3, -0.25) is 9.59 Å². The van der Waals surface area contributed by atoms with Gasteiger partial charge in [-0.05, 0) is 55.7 Å². The van der Waals surface area contributed by atoms with Crippen LogP contribution < -0.4 is 16.0 Å². The Bertz CT molecular complexity index is 706. The lowest BCUT2D eigenvalue weighted by molar-refractivity contribution is -0.117. The second-order valence-electron chi connectivity index (χ2n) is 6.48. The lowest BCUT2D eigenvalue weighted by atomic mass is 9.89. The van der Waals surface area contributed by atoms with Crippen molar-refractivity contribution in [2.24, 2.45) is 0 Å². The van der Waals surface area contributed by atoms with E-state index in [4.69, 9.17) is 0 Å². The number of rotatable bonds is 9. The molecule has 26 heavy (non-hydrogen) atoms. The van der Waals surface area contributed by atoms with Gasteiger partial charge < -0.3 is 16.0 Å². The number of hydrogen-bond donors (Lipinski definition) is 3. The molecule has 0 spiro atoms. The van der Waals surface area contributed by atoms with Crippen molar-refractivity contribution in [3.8, 4) is 6.07 Å². The summed E-state index contributed by atoms with van der Waals surface area (Å²) in [5.41, 5.74) is 3.88. The molecule has 0 bridgehead atoms. The molecule has 138 valence electrons. The quantitative estimate of drug-likeness (QED) is 0.273. The molecule has 0 radical (unpaired) electrons. The number of fused-ring (bicyclic) bond motifs is 1. The normalized spacial score (nSPS) is 14.5. The van der Waals surface area contributed by atoms with Crippen molar-refractivity contribution >= 4 is 12.3 Å². The van der Waals surface area contributed by atoms with Gasteiger partial charge in [-0.2, -0.15) is 5.26 Å². The molecule has 1 atom stereocenters. The van der Waals surface area contributed by atoms with E-state index in [9.17, 15) is 14.9 Å². The highest BCUT2D eigenvalue weighted by molar-refractivity contribution is 5.97. The molecular weight excluding hydrogens is 328 g/mol. The van der Waals surface area contributed by atoms with Crippen LogP contribution in [0, 0.1) is 11.3 Å². The van der Waals surface area contributed by atoms with Crippen LogP contribution in [0.2, 0.25) is 0 Å². The third kappa shape index (κ3) is 5.62. The first-order valence-corrected chi connectivity index (χ1v) is 9.09. The molecule has 6 heteroatoms. The Labute approximate surface area is 154 Å². The predicted octanol–water partition coefficient (Wildman–Crippen LogP) is 1.88.